The number of hydrogen-bond donors (Lipinski definition) is 1. The summed E-state index contributed by atoms with van der Waals surface area (Å²) in [6.45, 7) is 2.89. The van der Waals surface area contributed by atoms with Crippen molar-refractivity contribution in [3.8, 4) is 11.5 Å². The molecule has 0 aromatic heterocycles. The molecule has 1 N–H and O–H groups in total. The lowest BCUT2D eigenvalue weighted by atomic mass is 9.93. The van der Waals surface area contributed by atoms with E-state index in [1.54, 1.807) is 0 Å². The Morgan fingerprint density at radius 3 is 2.61 bits per heavy atom. The number of carbonyl (C=O) groups is 1. The summed E-state index contributed by atoms with van der Waals surface area (Å²) in [5.74, 6) is 1.79. The predicted molar refractivity (Wildman–Crippen MR) is 128 cm³/mol. The van der Waals surface area contributed by atoms with Gasteiger partial charge >= 0.3 is 5.97 Å². The van der Waals surface area contributed by atoms with Crippen molar-refractivity contribution >= 4 is 17.6 Å². The molecule has 5 nitrogen and oxygen atoms in total. The lowest BCUT2D eigenvalue weighted by Crippen LogP contribution is -2.36. The monoisotopic (exact) mass is 472 g/mol. The van der Waals surface area contributed by atoms with Crippen molar-refractivity contribution in [1.82, 2.24) is 0 Å². The second-order valence-corrected chi connectivity index (χ2v) is 9.68. The molecule has 2 aliphatic rings. The maximum absolute atomic E-state index is 11.7. The van der Waals surface area contributed by atoms with Crippen LogP contribution in [0, 0.1) is 6.92 Å². The number of aryl methyl sites for hydroxylation is 2. The molecule has 0 amide bonds. The summed E-state index contributed by atoms with van der Waals surface area (Å²) >= 11 is 6.52. The van der Waals surface area contributed by atoms with Crippen LogP contribution < -0.4 is 9.47 Å². The van der Waals surface area contributed by atoms with E-state index in [9.17, 15) is 9.90 Å². The van der Waals surface area contributed by atoms with Crippen LogP contribution in [0.4, 0.5) is 0 Å². The van der Waals surface area contributed by atoms with Gasteiger partial charge in [0.2, 0.25) is 0 Å². The van der Waals surface area contributed by atoms with Gasteiger partial charge in [-0.25, -0.2) is 0 Å². The molecular formula is C27H33ClO5. The topological polar surface area (TPSA) is 65.0 Å². The number of aliphatic hydroxyl groups excluding tert-OH is 1. The highest BCUT2D eigenvalue weighted by Gasteiger charge is 2.29. The number of ether oxygens (including phenoxy) is 3. The standard InChI is InChI=1S/C27H33ClO5/c1-18-8-10-23(11-9-18)31-12-4-7-20-13-21(28)14-25(19-5-2-3-6-19)27(20)32-17-24-15-22(29)16-26(30)33-24/h8-11,13-14,19,22,24,29H,2-7,12,15-17H2,1H3/t22-,24+/m1/s1. The fourth-order valence-electron chi connectivity index (χ4n) is 4.80. The molecule has 1 aliphatic heterocycles. The third-order valence-electron chi connectivity index (χ3n) is 6.48. The number of rotatable bonds is 9. The molecule has 1 aliphatic carbocycles. The van der Waals surface area contributed by atoms with E-state index in [4.69, 9.17) is 25.8 Å². The van der Waals surface area contributed by atoms with Crippen LogP contribution in [0.1, 0.15) is 67.6 Å². The van der Waals surface area contributed by atoms with E-state index < -0.39 is 12.2 Å². The van der Waals surface area contributed by atoms with Crippen LogP contribution in [0.15, 0.2) is 36.4 Å². The number of cyclic esters (lactones) is 1. The van der Waals surface area contributed by atoms with Gasteiger partial charge in [-0.05, 0) is 73.9 Å². The van der Waals surface area contributed by atoms with Crippen molar-refractivity contribution in [3.63, 3.8) is 0 Å². The van der Waals surface area contributed by atoms with Gasteiger partial charge in [-0.15, -0.1) is 0 Å². The van der Waals surface area contributed by atoms with Crippen LogP contribution in [0.2, 0.25) is 5.02 Å². The van der Waals surface area contributed by atoms with E-state index in [1.807, 2.05) is 36.4 Å². The van der Waals surface area contributed by atoms with Crippen molar-refractivity contribution < 1.29 is 24.1 Å². The Labute approximate surface area is 201 Å². The van der Waals surface area contributed by atoms with Crippen LogP contribution in [0.3, 0.4) is 0 Å². The largest absolute Gasteiger partial charge is 0.494 e. The van der Waals surface area contributed by atoms with Crippen molar-refractivity contribution in [1.29, 1.82) is 0 Å². The number of aliphatic hydroxyl groups is 1. The molecular weight excluding hydrogens is 440 g/mol. The summed E-state index contributed by atoms with van der Waals surface area (Å²) in [5, 5.41) is 10.7. The Balaban J connectivity index is 1.45. The van der Waals surface area contributed by atoms with Crippen molar-refractivity contribution in [2.75, 3.05) is 13.2 Å². The molecule has 2 atom stereocenters. The normalized spacial score (nSPS) is 21.1. The van der Waals surface area contributed by atoms with E-state index in [0.29, 0.717) is 18.9 Å². The van der Waals surface area contributed by atoms with Gasteiger partial charge < -0.3 is 19.3 Å². The Hall–Kier alpha value is -2.24. The number of carbonyl (C=O) groups excluding carboxylic acids is 1. The van der Waals surface area contributed by atoms with Crippen LogP contribution >= 0.6 is 11.6 Å². The Morgan fingerprint density at radius 1 is 1.12 bits per heavy atom. The molecule has 2 aromatic rings. The molecule has 4 rings (SSSR count). The maximum atomic E-state index is 11.7. The van der Waals surface area contributed by atoms with Gasteiger partial charge in [0.15, 0.2) is 0 Å². The summed E-state index contributed by atoms with van der Waals surface area (Å²) in [6.07, 6.45) is 5.62. The molecule has 0 radical (unpaired) electrons. The first-order valence-corrected chi connectivity index (χ1v) is 12.4. The zero-order valence-electron chi connectivity index (χ0n) is 19.2. The first-order valence-electron chi connectivity index (χ1n) is 12.0. The molecule has 2 fully saturated rings. The molecule has 33 heavy (non-hydrogen) atoms. The van der Waals surface area contributed by atoms with Gasteiger partial charge in [-0.3, -0.25) is 4.79 Å². The zero-order valence-corrected chi connectivity index (χ0v) is 20.0. The van der Waals surface area contributed by atoms with Crippen molar-refractivity contribution in [3.05, 3.63) is 58.1 Å². The van der Waals surface area contributed by atoms with Gasteiger partial charge in [0.05, 0.1) is 19.1 Å². The van der Waals surface area contributed by atoms with Gasteiger partial charge in [0, 0.05) is 11.4 Å². The molecule has 178 valence electrons. The first-order chi connectivity index (χ1) is 16.0. The van der Waals surface area contributed by atoms with Crippen molar-refractivity contribution in [2.45, 2.75) is 76.4 Å². The molecule has 1 saturated carbocycles. The number of esters is 1. The quantitative estimate of drug-likeness (QED) is 0.371. The molecule has 0 bridgehead atoms. The van der Waals surface area contributed by atoms with Crippen LogP contribution in [-0.2, 0) is 16.0 Å². The minimum absolute atomic E-state index is 0.0526. The van der Waals surface area contributed by atoms with E-state index in [-0.39, 0.29) is 19.0 Å². The maximum Gasteiger partial charge on any atom is 0.308 e. The van der Waals surface area contributed by atoms with E-state index in [1.165, 1.54) is 18.4 Å². The average molecular weight is 473 g/mol. The minimum atomic E-state index is -0.669. The number of benzene rings is 2. The molecule has 1 saturated heterocycles. The molecule has 0 unspecified atom stereocenters. The van der Waals surface area contributed by atoms with Gasteiger partial charge in [-0.1, -0.05) is 42.1 Å². The zero-order chi connectivity index (χ0) is 23.2. The summed E-state index contributed by atoms with van der Waals surface area (Å²) in [5.41, 5.74) is 3.41. The van der Waals surface area contributed by atoms with Gasteiger partial charge in [0.25, 0.3) is 0 Å². The van der Waals surface area contributed by atoms with Gasteiger partial charge in [0.1, 0.15) is 24.2 Å². The number of halogens is 1. The summed E-state index contributed by atoms with van der Waals surface area (Å²) in [6, 6.07) is 12.1. The summed E-state index contributed by atoms with van der Waals surface area (Å²) in [7, 11) is 0. The highest BCUT2D eigenvalue weighted by Crippen LogP contribution is 2.42. The Kier molecular flexibility index (Phi) is 8.15. The van der Waals surface area contributed by atoms with Crippen LogP contribution in [0.5, 0.6) is 11.5 Å². The predicted octanol–water partition coefficient (Wildman–Crippen LogP) is 5.76. The van der Waals surface area contributed by atoms with E-state index >= 15 is 0 Å². The van der Waals surface area contributed by atoms with E-state index in [0.717, 1.165) is 53.3 Å². The van der Waals surface area contributed by atoms with Gasteiger partial charge in [-0.2, -0.15) is 0 Å². The highest BCUT2D eigenvalue weighted by atomic mass is 35.5. The number of hydrogen-bond acceptors (Lipinski definition) is 5. The Bertz CT molecular complexity index is 936. The lowest BCUT2D eigenvalue weighted by Gasteiger charge is -2.27. The lowest BCUT2D eigenvalue weighted by molar-refractivity contribution is -0.162. The van der Waals surface area contributed by atoms with E-state index in [2.05, 4.69) is 6.92 Å². The smallest absolute Gasteiger partial charge is 0.308 e. The molecule has 1 heterocycles. The third-order valence-corrected chi connectivity index (χ3v) is 6.70. The highest BCUT2D eigenvalue weighted by molar-refractivity contribution is 6.30. The average Bonchev–Trinajstić information content (AvgIpc) is 3.31. The fourth-order valence-corrected chi connectivity index (χ4v) is 5.05. The SMILES string of the molecule is Cc1ccc(OCCCc2cc(Cl)cc(C3CCCC3)c2OC[C@@H]2C[C@@H](O)CC(=O)O2)cc1. The molecule has 2 aromatic carbocycles. The van der Waals surface area contributed by atoms with Crippen molar-refractivity contribution in [2.24, 2.45) is 0 Å². The molecule has 6 heteroatoms. The Morgan fingerprint density at radius 2 is 1.88 bits per heavy atom. The second kappa shape index (κ2) is 11.3. The van der Waals surface area contributed by atoms with Crippen LogP contribution in [-0.4, -0.2) is 36.5 Å². The summed E-state index contributed by atoms with van der Waals surface area (Å²) in [4.78, 5) is 11.7. The fraction of sp³-hybridized carbons (Fsp3) is 0.519. The molecule has 0 spiro atoms. The minimum Gasteiger partial charge on any atom is -0.494 e. The summed E-state index contributed by atoms with van der Waals surface area (Å²) < 4.78 is 17.6. The third kappa shape index (κ3) is 6.64. The first kappa shape index (κ1) is 23.9. The second-order valence-electron chi connectivity index (χ2n) is 9.25. The van der Waals surface area contributed by atoms with Crippen LogP contribution in [0.25, 0.3) is 0 Å².